The van der Waals surface area contributed by atoms with E-state index in [1.165, 1.54) is 18.4 Å². The van der Waals surface area contributed by atoms with Crippen LogP contribution in [-0.4, -0.2) is 31.3 Å². The van der Waals surface area contributed by atoms with Gasteiger partial charge >= 0.3 is 0 Å². The van der Waals surface area contributed by atoms with Gasteiger partial charge in [0, 0.05) is 43.3 Å². The first-order chi connectivity index (χ1) is 15.7. The number of aromatic nitrogens is 5. The summed E-state index contributed by atoms with van der Waals surface area (Å²) in [5.74, 6) is 2.88. The van der Waals surface area contributed by atoms with Crippen molar-refractivity contribution in [2.24, 2.45) is 7.05 Å². The van der Waals surface area contributed by atoms with Crippen LogP contribution in [0.4, 0.5) is 0 Å². The maximum atomic E-state index is 6.04. The molecule has 4 aromatic rings. The number of hydrogen-bond donors (Lipinski definition) is 0. The molecule has 6 rings (SSSR count). The van der Waals surface area contributed by atoms with E-state index in [1.807, 2.05) is 31.6 Å². The predicted molar refractivity (Wildman–Crippen MR) is 116 cm³/mol. The Bertz CT molecular complexity index is 1270. The Morgan fingerprint density at radius 3 is 2.72 bits per heavy atom. The molecule has 160 valence electrons. The molecule has 0 spiro atoms. The van der Waals surface area contributed by atoms with Crippen LogP contribution in [0.5, 0.6) is 23.1 Å². The van der Waals surface area contributed by atoms with Crippen LogP contribution in [-0.2, 0) is 7.05 Å². The Morgan fingerprint density at radius 1 is 1.00 bits per heavy atom. The molecule has 0 N–H and O–H groups in total. The first kappa shape index (κ1) is 18.8. The largest absolute Gasteiger partial charge is 0.483 e. The summed E-state index contributed by atoms with van der Waals surface area (Å²) < 4.78 is 19.7. The van der Waals surface area contributed by atoms with Crippen LogP contribution < -0.4 is 14.2 Å². The van der Waals surface area contributed by atoms with Crippen molar-refractivity contribution < 1.29 is 14.2 Å². The van der Waals surface area contributed by atoms with E-state index in [0.717, 1.165) is 17.0 Å². The molecular weight excluding hydrogens is 406 g/mol. The van der Waals surface area contributed by atoms with Gasteiger partial charge in [0.1, 0.15) is 18.1 Å². The highest BCUT2D eigenvalue weighted by Crippen LogP contribution is 2.41. The minimum Gasteiger partial charge on any atom is -0.483 e. The topological polar surface area (TPSA) is 84.2 Å². The van der Waals surface area contributed by atoms with Gasteiger partial charge in [-0.2, -0.15) is 5.10 Å². The van der Waals surface area contributed by atoms with E-state index in [1.54, 1.807) is 35.4 Å². The first-order valence-corrected chi connectivity index (χ1v) is 10.6. The highest BCUT2D eigenvalue weighted by Gasteiger charge is 2.27. The summed E-state index contributed by atoms with van der Waals surface area (Å²) in [6, 6.07) is 9.60. The maximum Gasteiger partial charge on any atom is 0.258 e. The molecule has 0 saturated heterocycles. The average Bonchev–Trinajstić information content (AvgIpc) is 3.59. The molecule has 1 aliphatic carbocycles. The van der Waals surface area contributed by atoms with Crippen LogP contribution in [0.25, 0.3) is 11.3 Å². The molecule has 0 aromatic carbocycles. The zero-order valence-electron chi connectivity index (χ0n) is 17.5. The third-order valence-corrected chi connectivity index (χ3v) is 5.59. The highest BCUT2D eigenvalue weighted by atomic mass is 16.6. The van der Waals surface area contributed by atoms with Gasteiger partial charge in [-0.15, -0.1) is 0 Å². The normalized spacial score (nSPS) is 17.2. The molecule has 8 heteroatoms. The van der Waals surface area contributed by atoms with Gasteiger partial charge in [0.15, 0.2) is 11.9 Å². The number of aryl methyl sites for hydroxylation is 1. The fourth-order valence-corrected chi connectivity index (χ4v) is 3.73. The van der Waals surface area contributed by atoms with Crippen molar-refractivity contribution in [3.8, 4) is 34.4 Å². The second kappa shape index (κ2) is 7.64. The molecule has 0 amide bonds. The van der Waals surface area contributed by atoms with Gasteiger partial charge in [-0.3, -0.25) is 14.6 Å². The molecule has 0 unspecified atom stereocenters. The lowest BCUT2D eigenvalue weighted by atomic mass is 10.1. The lowest BCUT2D eigenvalue weighted by molar-refractivity contribution is 0.0817. The highest BCUT2D eigenvalue weighted by molar-refractivity contribution is 5.59. The van der Waals surface area contributed by atoms with Gasteiger partial charge in [-0.25, -0.2) is 4.98 Å². The molecule has 0 radical (unpaired) electrons. The summed E-state index contributed by atoms with van der Waals surface area (Å²) in [6.45, 7) is 0.369. The van der Waals surface area contributed by atoms with E-state index in [-0.39, 0.29) is 6.10 Å². The van der Waals surface area contributed by atoms with Crippen molar-refractivity contribution in [1.82, 2.24) is 24.7 Å². The summed E-state index contributed by atoms with van der Waals surface area (Å²) >= 11 is 0. The van der Waals surface area contributed by atoms with Gasteiger partial charge in [0.25, 0.3) is 5.88 Å². The smallest absolute Gasteiger partial charge is 0.258 e. The maximum absolute atomic E-state index is 6.04. The van der Waals surface area contributed by atoms with Crippen molar-refractivity contribution in [1.29, 1.82) is 0 Å². The minimum atomic E-state index is -0.280. The molecule has 0 bridgehead atoms. The number of pyridine rings is 3. The molecule has 1 atom stereocenters. The van der Waals surface area contributed by atoms with Gasteiger partial charge in [-0.1, -0.05) is 6.07 Å². The Kier molecular flexibility index (Phi) is 4.49. The molecular formula is C24H21N5O3. The summed E-state index contributed by atoms with van der Waals surface area (Å²) in [4.78, 5) is 13.4. The Labute approximate surface area is 184 Å². The van der Waals surface area contributed by atoms with Crippen molar-refractivity contribution in [3.05, 3.63) is 72.6 Å². The summed E-state index contributed by atoms with van der Waals surface area (Å²) in [5, 5.41) is 4.19. The standard InChI is InChI=1S/C24H21N5O3/c1-29-13-17(11-28-29)21-8-18(6-7-25-21)31-19-9-22-24(27-12-19)32-23(14-30-22)20-5-4-16(10-26-20)15-2-3-15/h4-13,15,23H,2-3,14H2,1H3/t23-/m0/s1. The fraction of sp³-hybridized carbons (Fsp3) is 0.250. The molecule has 1 aliphatic heterocycles. The van der Waals surface area contributed by atoms with Crippen LogP contribution in [0.15, 0.2) is 61.3 Å². The van der Waals surface area contributed by atoms with Crippen molar-refractivity contribution in [2.75, 3.05) is 6.61 Å². The first-order valence-electron chi connectivity index (χ1n) is 10.6. The summed E-state index contributed by atoms with van der Waals surface area (Å²) in [7, 11) is 1.87. The van der Waals surface area contributed by atoms with E-state index >= 15 is 0 Å². The molecule has 1 saturated carbocycles. The molecule has 8 nitrogen and oxygen atoms in total. The van der Waals surface area contributed by atoms with Crippen LogP contribution >= 0.6 is 0 Å². The van der Waals surface area contributed by atoms with E-state index in [4.69, 9.17) is 14.2 Å². The Hall–Kier alpha value is -3.94. The van der Waals surface area contributed by atoms with Gasteiger partial charge in [0.05, 0.1) is 23.8 Å². The van der Waals surface area contributed by atoms with Crippen LogP contribution in [0.1, 0.15) is 36.1 Å². The number of ether oxygens (including phenoxy) is 3. The molecule has 1 fully saturated rings. The number of rotatable bonds is 5. The van der Waals surface area contributed by atoms with E-state index in [0.29, 0.717) is 35.7 Å². The zero-order valence-corrected chi connectivity index (χ0v) is 17.5. The second-order valence-corrected chi connectivity index (χ2v) is 8.06. The molecule has 32 heavy (non-hydrogen) atoms. The van der Waals surface area contributed by atoms with Gasteiger partial charge < -0.3 is 14.2 Å². The molecule has 4 aromatic heterocycles. The lowest BCUT2D eigenvalue weighted by Crippen LogP contribution is -2.23. The van der Waals surface area contributed by atoms with Crippen LogP contribution in [0.3, 0.4) is 0 Å². The summed E-state index contributed by atoms with van der Waals surface area (Å²) in [6.07, 6.45) is 11.2. The Balaban J connectivity index is 1.17. The van der Waals surface area contributed by atoms with E-state index in [2.05, 4.69) is 26.1 Å². The summed E-state index contributed by atoms with van der Waals surface area (Å²) in [5.41, 5.74) is 3.85. The van der Waals surface area contributed by atoms with Gasteiger partial charge in [-0.05, 0) is 36.5 Å². The van der Waals surface area contributed by atoms with Crippen LogP contribution in [0.2, 0.25) is 0 Å². The lowest BCUT2D eigenvalue weighted by Gasteiger charge is -2.25. The quantitative estimate of drug-likeness (QED) is 0.465. The number of nitrogens with zero attached hydrogens (tertiary/aromatic N) is 5. The molecule has 5 heterocycles. The van der Waals surface area contributed by atoms with Crippen molar-refractivity contribution >= 4 is 0 Å². The SMILES string of the molecule is Cn1cc(-c2cc(Oc3cnc4c(c3)OC[C@@H](c3ccc(C5CC5)cn3)O4)ccn2)cn1. The number of fused-ring (bicyclic) bond motifs is 1. The van der Waals surface area contributed by atoms with Gasteiger partial charge in [0.2, 0.25) is 0 Å². The zero-order chi connectivity index (χ0) is 21.5. The fourth-order valence-electron chi connectivity index (χ4n) is 3.73. The number of hydrogen-bond acceptors (Lipinski definition) is 7. The second-order valence-electron chi connectivity index (χ2n) is 8.06. The van der Waals surface area contributed by atoms with Crippen molar-refractivity contribution in [3.63, 3.8) is 0 Å². The average molecular weight is 427 g/mol. The Morgan fingerprint density at radius 2 is 1.94 bits per heavy atom. The predicted octanol–water partition coefficient (Wildman–Crippen LogP) is 4.45. The van der Waals surface area contributed by atoms with E-state index in [9.17, 15) is 0 Å². The van der Waals surface area contributed by atoms with Crippen molar-refractivity contribution in [2.45, 2.75) is 24.9 Å². The monoisotopic (exact) mass is 427 g/mol. The molecule has 2 aliphatic rings. The van der Waals surface area contributed by atoms with E-state index < -0.39 is 0 Å². The third kappa shape index (κ3) is 3.75. The minimum absolute atomic E-state index is 0.280. The third-order valence-electron chi connectivity index (χ3n) is 5.59. The van der Waals surface area contributed by atoms with Crippen LogP contribution in [0, 0.1) is 0 Å².